The maximum Gasteiger partial charge on any atom is 0.269 e. The monoisotopic (exact) mass is 336 g/mol. The second kappa shape index (κ2) is 6.02. The van der Waals surface area contributed by atoms with Crippen molar-refractivity contribution in [1.82, 2.24) is 0 Å². The summed E-state index contributed by atoms with van der Waals surface area (Å²) >= 11 is 0. The van der Waals surface area contributed by atoms with Crippen molar-refractivity contribution in [3.05, 3.63) is 58.6 Å². The van der Waals surface area contributed by atoms with Gasteiger partial charge in [0, 0.05) is 23.5 Å². The number of carbonyl (C=O) groups excluding carboxylic acids is 1. The van der Waals surface area contributed by atoms with Gasteiger partial charge >= 0.3 is 0 Å². The molecule has 0 heterocycles. The largest absolute Gasteiger partial charge is 0.529 e. The van der Waals surface area contributed by atoms with E-state index in [2.05, 4.69) is 0 Å². The fourth-order valence-electron chi connectivity index (χ4n) is 1.87. The van der Waals surface area contributed by atoms with E-state index in [1.807, 2.05) is 0 Å². The number of rotatable bonds is 4. The van der Waals surface area contributed by atoms with Gasteiger partial charge in [0.1, 0.15) is 6.09 Å². The summed E-state index contributed by atoms with van der Waals surface area (Å²) < 4.78 is 22.4. The zero-order valence-corrected chi connectivity index (χ0v) is 12.3. The van der Waals surface area contributed by atoms with Crippen molar-refractivity contribution in [1.29, 1.82) is 0 Å². The van der Waals surface area contributed by atoms with E-state index in [9.17, 15) is 28.4 Å². The number of primary sulfonamides is 1. The summed E-state index contributed by atoms with van der Waals surface area (Å²) in [4.78, 5) is 21.9. The highest BCUT2D eigenvalue weighted by atomic mass is 32.2. The van der Waals surface area contributed by atoms with Gasteiger partial charge in [0.05, 0.1) is 9.82 Å². The molecule has 1 amide bonds. The zero-order chi connectivity index (χ0) is 17.2. The minimum Gasteiger partial charge on any atom is -0.529 e. The molecule has 0 unspecified atom stereocenters. The summed E-state index contributed by atoms with van der Waals surface area (Å²) in [5.41, 5.74) is 0.0156. The van der Waals surface area contributed by atoms with Gasteiger partial charge in [0.25, 0.3) is 5.69 Å². The standard InChI is InChI=1S/C13H11N3O6S/c14-23(21,22)12-7-5-10(6-8-12)15(13(17)18)9-1-3-11(4-2-9)16(19)20/h1-8H,(H,17,18)(H2,14,21,22)/p-1. The first-order chi connectivity index (χ1) is 10.7. The lowest BCUT2D eigenvalue weighted by molar-refractivity contribution is -0.384. The molecule has 2 aromatic rings. The molecule has 23 heavy (non-hydrogen) atoms. The van der Waals surface area contributed by atoms with Gasteiger partial charge in [0.2, 0.25) is 10.0 Å². The van der Waals surface area contributed by atoms with E-state index in [1.165, 1.54) is 24.3 Å². The van der Waals surface area contributed by atoms with Crippen molar-refractivity contribution in [3.63, 3.8) is 0 Å². The van der Waals surface area contributed by atoms with Crippen LogP contribution in [0.2, 0.25) is 0 Å². The number of anilines is 2. The van der Waals surface area contributed by atoms with Crippen LogP contribution in [0.15, 0.2) is 53.4 Å². The van der Waals surface area contributed by atoms with Gasteiger partial charge in [-0.25, -0.2) is 13.6 Å². The molecule has 0 atom stereocenters. The molecule has 0 radical (unpaired) electrons. The Morgan fingerprint density at radius 1 is 1.00 bits per heavy atom. The summed E-state index contributed by atoms with van der Waals surface area (Å²) in [6, 6.07) is 9.52. The third-order valence-electron chi connectivity index (χ3n) is 2.92. The fourth-order valence-corrected chi connectivity index (χ4v) is 2.38. The van der Waals surface area contributed by atoms with Crippen LogP contribution in [0.25, 0.3) is 0 Å². The highest BCUT2D eigenvalue weighted by molar-refractivity contribution is 7.89. The van der Waals surface area contributed by atoms with Crippen LogP contribution in [0, 0.1) is 10.1 Å². The molecule has 0 aliphatic rings. The molecule has 0 aliphatic heterocycles. The molecule has 0 aromatic heterocycles. The highest BCUT2D eigenvalue weighted by Crippen LogP contribution is 2.27. The van der Waals surface area contributed by atoms with E-state index >= 15 is 0 Å². The lowest BCUT2D eigenvalue weighted by atomic mass is 10.2. The number of nitro groups is 1. The van der Waals surface area contributed by atoms with Gasteiger partial charge < -0.3 is 9.90 Å². The number of carboxylic acid groups (broad SMARTS) is 1. The van der Waals surface area contributed by atoms with Crippen LogP contribution >= 0.6 is 0 Å². The van der Waals surface area contributed by atoms with E-state index in [4.69, 9.17) is 5.14 Å². The van der Waals surface area contributed by atoms with Crippen LogP contribution in [-0.4, -0.2) is 19.4 Å². The number of amides is 1. The van der Waals surface area contributed by atoms with Crippen molar-refractivity contribution in [2.75, 3.05) is 4.90 Å². The number of sulfonamides is 1. The molecule has 2 aromatic carbocycles. The fraction of sp³-hybridized carbons (Fsp3) is 0. The normalized spacial score (nSPS) is 11.0. The Balaban J connectivity index is 2.42. The Kier molecular flexibility index (Phi) is 4.29. The Hall–Kier alpha value is -2.98. The van der Waals surface area contributed by atoms with Gasteiger partial charge in [-0.05, 0) is 36.4 Å². The van der Waals surface area contributed by atoms with Crippen molar-refractivity contribution in [2.45, 2.75) is 4.90 Å². The second-order valence-corrected chi connectivity index (χ2v) is 5.98. The molecule has 0 bridgehead atoms. The Morgan fingerprint density at radius 2 is 1.43 bits per heavy atom. The molecule has 2 N–H and O–H groups in total. The minimum atomic E-state index is -3.90. The number of benzene rings is 2. The van der Waals surface area contributed by atoms with Crippen LogP contribution in [0.1, 0.15) is 0 Å². The van der Waals surface area contributed by atoms with Crippen LogP contribution in [0.5, 0.6) is 0 Å². The van der Waals surface area contributed by atoms with Crippen molar-refractivity contribution >= 4 is 33.2 Å². The van der Waals surface area contributed by atoms with Gasteiger partial charge in [-0.2, -0.15) is 0 Å². The number of non-ortho nitro benzene ring substituents is 1. The predicted molar refractivity (Wildman–Crippen MR) is 78.4 cm³/mol. The van der Waals surface area contributed by atoms with Gasteiger partial charge in [0.15, 0.2) is 0 Å². The average molecular weight is 336 g/mol. The molecular formula is C13H10N3O6S-. The van der Waals surface area contributed by atoms with Gasteiger partial charge in [-0.1, -0.05) is 0 Å². The lowest BCUT2D eigenvalue weighted by Crippen LogP contribution is -2.37. The summed E-state index contributed by atoms with van der Waals surface area (Å²) in [5.74, 6) is 0. The number of nitrogens with two attached hydrogens (primary N) is 1. The molecule has 0 saturated heterocycles. The number of carbonyl (C=O) groups is 1. The molecule has 9 nitrogen and oxygen atoms in total. The van der Waals surface area contributed by atoms with E-state index in [1.54, 1.807) is 0 Å². The number of hydrogen-bond acceptors (Lipinski definition) is 6. The summed E-state index contributed by atoms with van der Waals surface area (Å²) in [5, 5.41) is 26.9. The molecular weight excluding hydrogens is 326 g/mol. The summed E-state index contributed by atoms with van der Waals surface area (Å²) in [6.45, 7) is 0. The van der Waals surface area contributed by atoms with Crippen molar-refractivity contribution in [2.24, 2.45) is 5.14 Å². The molecule has 10 heteroatoms. The third-order valence-corrected chi connectivity index (χ3v) is 3.85. The van der Waals surface area contributed by atoms with Crippen LogP contribution in [0.4, 0.5) is 21.9 Å². The molecule has 0 spiro atoms. The van der Waals surface area contributed by atoms with E-state index in [-0.39, 0.29) is 22.0 Å². The first-order valence-electron chi connectivity index (χ1n) is 6.08. The first-order valence-corrected chi connectivity index (χ1v) is 7.63. The van der Waals surface area contributed by atoms with Crippen LogP contribution in [-0.2, 0) is 10.0 Å². The topological polar surface area (TPSA) is 147 Å². The minimum absolute atomic E-state index is 0.103. The SMILES string of the molecule is NS(=O)(=O)c1ccc(N(C(=O)[O-])c2ccc([N+](=O)[O-])cc2)cc1. The van der Waals surface area contributed by atoms with Crippen LogP contribution < -0.4 is 15.1 Å². The summed E-state index contributed by atoms with van der Waals surface area (Å²) in [7, 11) is -3.90. The molecule has 0 saturated carbocycles. The van der Waals surface area contributed by atoms with E-state index < -0.39 is 21.0 Å². The number of nitro benzene ring substituents is 1. The zero-order valence-electron chi connectivity index (χ0n) is 11.4. The highest BCUT2D eigenvalue weighted by Gasteiger charge is 2.14. The Morgan fingerprint density at radius 3 is 1.78 bits per heavy atom. The van der Waals surface area contributed by atoms with Gasteiger partial charge in [-0.15, -0.1) is 0 Å². The van der Waals surface area contributed by atoms with Crippen LogP contribution in [0.3, 0.4) is 0 Å². The number of hydrogen-bond donors (Lipinski definition) is 1. The quantitative estimate of drug-likeness (QED) is 0.643. The smallest absolute Gasteiger partial charge is 0.269 e. The predicted octanol–water partition coefficient (Wildman–Crippen LogP) is 0.724. The molecule has 120 valence electrons. The molecule has 2 rings (SSSR count). The first kappa shape index (κ1) is 16.4. The maximum absolute atomic E-state index is 11.3. The Labute approximate surface area is 130 Å². The van der Waals surface area contributed by atoms with Gasteiger partial charge in [-0.3, -0.25) is 15.0 Å². The maximum atomic E-state index is 11.3. The lowest BCUT2D eigenvalue weighted by Gasteiger charge is -2.25. The van der Waals surface area contributed by atoms with Crippen molar-refractivity contribution < 1.29 is 23.2 Å². The van der Waals surface area contributed by atoms with E-state index in [0.717, 1.165) is 29.2 Å². The van der Waals surface area contributed by atoms with Crippen molar-refractivity contribution in [3.8, 4) is 0 Å². The third kappa shape index (κ3) is 3.62. The number of nitrogens with zero attached hydrogens (tertiary/aromatic N) is 2. The molecule has 0 fully saturated rings. The summed E-state index contributed by atoms with van der Waals surface area (Å²) in [6.07, 6.45) is -1.58. The molecule has 0 aliphatic carbocycles. The average Bonchev–Trinajstić information content (AvgIpc) is 2.47. The Bertz CT molecular complexity index is 846. The second-order valence-electron chi connectivity index (χ2n) is 4.41. The van der Waals surface area contributed by atoms with E-state index in [0.29, 0.717) is 0 Å².